The Bertz CT molecular complexity index is 1430. The molecule has 0 aliphatic heterocycles. The van der Waals surface area contributed by atoms with Crippen molar-refractivity contribution in [3.63, 3.8) is 0 Å². The third-order valence-electron chi connectivity index (χ3n) is 7.52. The highest BCUT2D eigenvalue weighted by Gasteiger charge is 2.49. The van der Waals surface area contributed by atoms with Gasteiger partial charge in [-0.15, -0.1) is 0 Å². The molecular weight excluding hydrogens is 561 g/mol. The molecule has 8 nitrogen and oxygen atoms in total. The largest absolute Gasteiger partial charge is 0.405 e. The van der Waals surface area contributed by atoms with Gasteiger partial charge in [-0.25, -0.2) is 0 Å². The maximum absolute atomic E-state index is 13.6. The molecule has 3 aromatic carbocycles. The molecule has 4 amide bonds. The number of carbonyl (C=O) groups excluding carboxylic acids is 4. The molecule has 5 N–H and O–H groups in total. The van der Waals surface area contributed by atoms with Crippen molar-refractivity contribution in [2.24, 2.45) is 5.73 Å². The van der Waals surface area contributed by atoms with E-state index >= 15 is 0 Å². The number of carbonyl (C=O) groups is 4. The quantitative estimate of drug-likeness (QED) is 0.223. The van der Waals surface area contributed by atoms with Crippen molar-refractivity contribution in [1.29, 1.82) is 0 Å². The zero-order valence-corrected chi connectivity index (χ0v) is 23.4. The first-order valence-corrected chi connectivity index (χ1v) is 14.0. The lowest BCUT2D eigenvalue weighted by Gasteiger charge is -2.31. The lowest BCUT2D eigenvalue weighted by molar-refractivity contribution is -0.141. The summed E-state index contributed by atoms with van der Waals surface area (Å²) < 4.78 is 39.2. The van der Waals surface area contributed by atoms with Gasteiger partial charge in [0.05, 0.1) is 0 Å². The van der Waals surface area contributed by atoms with Crippen LogP contribution >= 0.6 is 0 Å². The Morgan fingerprint density at radius 1 is 0.791 bits per heavy atom. The van der Waals surface area contributed by atoms with Gasteiger partial charge in [-0.2, -0.15) is 13.2 Å². The molecule has 4 rings (SSSR count). The molecule has 1 aliphatic rings. The topological polar surface area (TPSA) is 130 Å². The normalized spacial score (nSPS) is 13.7. The fraction of sp³-hybridized carbons (Fsp3) is 0.312. The first-order chi connectivity index (χ1) is 20.5. The molecule has 3 aromatic rings. The monoisotopic (exact) mass is 594 g/mol. The number of amides is 4. The van der Waals surface area contributed by atoms with Crippen molar-refractivity contribution in [2.75, 3.05) is 13.1 Å². The van der Waals surface area contributed by atoms with Crippen LogP contribution in [-0.4, -0.2) is 48.9 Å². The highest BCUT2D eigenvalue weighted by Crippen LogP contribution is 2.51. The van der Waals surface area contributed by atoms with Gasteiger partial charge in [-0.3, -0.25) is 19.2 Å². The molecule has 43 heavy (non-hydrogen) atoms. The lowest BCUT2D eigenvalue weighted by atomic mass is 9.73. The van der Waals surface area contributed by atoms with Crippen LogP contribution in [0.15, 0.2) is 78.9 Å². The van der Waals surface area contributed by atoms with Crippen LogP contribution in [-0.2, 0) is 19.8 Å². The van der Waals surface area contributed by atoms with Crippen LogP contribution in [0.1, 0.15) is 53.6 Å². The van der Waals surface area contributed by atoms with Gasteiger partial charge in [0, 0.05) is 18.5 Å². The fourth-order valence-corrected chi connectivity index (χ4v) is 5.52. The highest BCUT2D eigenvalue weighted by molar-refractivity contribution is 6.00. The third kappa shape index (κ3) is 7.40. The third-order valence-corrected chi connectivity index (χ3v) is 7.52. The summed E-state index contributed by atoms with van der Waals surface area (Å²) in [5.41, 5.74) is 7.12. The van der Waals surface area contributed by atoms with E-state index in [1.807, 2.05) is 24.3 Å². The summed E-state index contributed by atoms with van der Waals surface area (Å²) in [4.78, 5) is 50.5. The summed E-state index contributed by atoms with van der Waals surface area (Å²) in [6, 6.07) is 21.7. The number of nitrogens with two attached hydrogens (primary N) is 1. The van der Waals surface area contributed by atoms with Crippen molar-refractivity contribution < 1.29 is 32.3 Å². The van der Waals surface area contributed by atoms with E-state index in [-0.39, 0.29) is 25.8 Å². The Hall–Kier alpha value is -4.67. The summed E-state index contributed by atoms with van der Waals surface area (Å²) in [6.07, 6.45) is -3.67. The molecule has 0 fully saturated rings. The van der Waals surface area contributed by atoms with Crippen LogP contribution in [0, 0.1) is 0 Å². The molecule has 0 heterocycles. The van der Waals surface area contributed by atoms with Crippen LogP contribution < -0.4 is 21.7 Å². The van der Waals surface area contributed by atoms with E-state index in [0.29, 0.717) is 29.5 Å². The fourth-order valence-electron chi connectivity index (χ4n) is 5.52. The van der Waals surface area contributed by atoms with Crippen molar-refractivity contribution in [1.82, 2.24) is 16.0 Å². The van der Waals surface area contributed by atoms with Crippen molar-refractivity contribution in [2.45, 2.75) is 49.7 Å². The number of benzene rings is 3. The predicted octanol–water partition coefficient (Wildman–Crippen LogP) is 3.98. The number of hydrogen-bond acceptors (Lipinski definition) is 4. The summed E-state index contributed by atoms with van der Waals surface area (Å²) in [6.45, 7) is -1.27. The number of primary amides is 1. The summed E-state index contributed by atoms with van der Waals surface area (Å²) >= 11 is 0. The van der Waals surface area contributed by atoms with Gasteiger partial charge >= 0.3 is 6.18 Å². The molecule has 11 heteroatoms. The maximum atomic E-state index is 13.6. The van der Waals surface area contributed by atoms with E-state index in [9.17, 15) is 32.3 Å². The van der Waals surface area contributed by atoms with Gasteiger partial charge in [0.25, 0.3) is 5.91 Å². The van der Waals surface area contributed by atoms with Gasteiger partial charge in [-0.1, -0.05) is 66.7 Å². The molecular formula is C32H33F3N4O4. The number of halogens is 3. The number of fused-ring (bicyclic) bond motifs is 3. The zero-order chi connectivity index (χ0) is 31.0. The van der Waals surface area contributed by atoms with Crippen LogP contribution in [0.5, 0.6) is 0 Å². The molecule has 1 atom stereocenters. The lowest BCUT2D eigenvalue weighted by Crippen LogP contribution is -2.48. The predicted molar refractivity (Wildman–Crippen MR) is 155 cm³/mol. The number of unbranched alkanes of at least 4 members (excludes halogenated alkanes) is 1. The average molecular weight is 595 g/mol. The van der Waals surface area contributed by atoms with Crippen LogP contribution in [0.4, 0.5) is 13.2 Å². The Morgan fingerprint density at radius 2 is 1.37 bits per heavy atom. The van der Waals surface area contributed by atoms with Crippen LogP contribution in [0.25, 0.3) is 11.1 Å². The van der Waals surface area contributed by atoms with E-state index in [1.165, 1.54) is 0 Å². The minimum Gasteiger partial charge on any atom is -0.370 e. The van der Waals surface area contributed by atoms with E-state index < -0.39 is 47.8 Å². The van der Waals surface area contributed by atoms with Crippen LogP contribution in [0.2, 0.25) is 0 Å². The Morgan fingerprint density at radius 3 is 1.95 bits per heavy atom. The maximum Gasteiger partial charge on any atom is 0.405 e. The van der Waals surface area contributed by atoms with Crippen LogP contribution in [0.3, 0.4) is 0 Å². The van der Waals surface area contributed by atoms with Gasteiger partial charge < -0.3 is 21.7 Å². The second-order valence-corrected chi connectivity index (χ2v) is 10.4. The van der Waals surface area contributed by atoms with Crippen molar-refractivity contribution in [3.8, 4) is 11.1 Å². The minimum atomic E-state index is -4.57. The van der Waals surface area contributed by atoms with E-state index in [1.54, 1.807) is 54.6 Å². The molecule has 0 saturated carbocycles. The molecule has 0 spiro atoms. The number of nitrogens with one attached hydrogen (secondary N) is 3. The second-order valence-electron chi connectivity index (χ2n) is 10.4. The summed E-state index contributed by atoms with van der Waals surface area (Å²) in [7, 11) is 0. The average Bonchev–Trinajstić information content (AvgIpc) is 3.28. The molecule has 0 radical (unpaired) electrons. The smallest absolute Gasteiger partial charge is 0.370 e. The zero-order valence-electron chi connectivity index (χ0n) is 23.4. The highest BCUT2D eigenvalue weighted by atomic mass is 19.4. The van der Waals surface area contributed by atoms with Gasteiger partial charge in [0.2, 0.25) is 17.7 Å². The standard InChI is InChI=1S/C32H33F3N4O4/c33-32(34,35)20-38-30(43)31(24-14-6-4-12-22(24)23-13-5-7-15-25(23)31)18-8-9-19-37-29(42)26(16-17-27(36)40)39-28(41)21-10-2-1-3-11-21/h1-7,10-15,26H,8-9,16-20H2,(H2,36,40)(H,37,42)(H,38,43)(H,39,41)/t26-/m1/s1. The van der Waals surface area contributed by atoms with E-state index in [0.717, 1.165) is 11.1 Å². The SMILES string of the molecule is NC(=O)CC[C@@H](NC(=O)c1ccccc1)C(=O)NCCCCC1(C(=O)NCC(F)(F)F)c2ccccc2-c2ccccc21. The van der Waals surface area contributed by atoms with Gasteiger partial charge in [-0.05, 0) is 60.1 Å². The molecule has 0 saturated heterocycles. The molecule has 0 bridgehead atoms. The Labute approximate surface area is 247 Å². The number of rotatable bonds is 13. The van der Waals surface area contributed by atoms with E-state index in [4.69, 9.17) is 5.73 Å². The molecule has 0 aromatic heterocycles. The Kier molecular flexibility index (Phi) is 9.84. The Balaban J connectivity index is 1.45. The van der Waals surface area contributed by atoms with E-state index in [2.05, 4.69) is 16.0 Å². The molecule has 1 aliphatic carbocycles. The van der Waals surface area contributed by atoms with Crippen molar-refractivity contribution in [3.05, 3.63) is 95.6 Å². The molecule has 0 unspecified atom stereocenters. The van der Waals surface area contributed by atoms with Crippen molar-refractivity contribution >= 4 is 23.6 Å². The minimum absolute atomic E-state index is 0.00972. The number of alkyl halides is 3. The first kappa shape index (κ1) is 31.3. The second kappa shape index (κ2) is 13.5. The summed E-state index contributed by atoms with van der Waals surface area (Å²) in [5.74, 6) is -2.32. The number of hydrogen-bond donors (Lipinski definition) is 4. The molecule has 226 valence electrons. The van der Waals surface area contributed by atoms with Gasteiger partial charge in [0.1, 0.15) is 18.0 Å². The first-order valence-electron chi connectivity index (χ1n) is 14.0. The van der Waals surface area contributed by atoms with Gasteiger partial charge in [0.15, 0.2) is 0 Å². The summed E-state index contributed by atoms with van der Waals surface area (Å²) in [5, 5.41) is 7.50.